The molecule has 0 bridgehead atoms. The minimum absolute atomic E-state index is 0.0271. The van der Waals surface area contributed by atoms with Gasteiger partial charge in [0.05, 0.1) is 40.3 Å². The molecule has 0 spiro atoms. The van der Waals surface area contributed by atoms with E-state index in [1.54, 1.807) is 21.1 Å². The Hall–Kier alpha value is -2.45. The van der Waals surface area contributed by atoms with E-state index in [0.717, 1.165) is 44.9 Å². The van der Waals surface area contributed by atoms with Gasteiger partial charge < -0.3 is 28.6 Å². The molecule has 8 nitrogen and oxygen atoms in total. The van der Waals surface area contributed by atoms with Gasteiger partial charge in [-0.2, -0.15) is 0 Å². The van der Waals surface area contributed by atoms with Crippen molar-refractivity contribution < 1.29 is 38.2 Å². The Kier molecular flexibility index (Phi) is 32.0. The van der Waals surface area contributed by atoms with Crippen LogP contribution in [-0.2, 0) is 28.6 Å². The molecular formula is C42H75NO7. The molecule has 0 aliphatic carbocycles. The summed E-state index contributed by atoms with van der Waals surface area (Å²) < 4.78 is 17.0. The molecule has 0 aromatic carbocycles. The van der Waals surface area contributed by atoms with E-state index in [2.05, 4.69) is 50.3 Å². The van der Waals surface area contributed by atoms with Crippen molar-refractivity contribution in [2.24, 2.45) is 0 Å². The monoisotopic (exact) mass is 706 g/mol. The lowest BCUT2D eigenvalue weighted by Gasteiger charge is -2.34. The SMILES string of the molecule is CC/C=C/C/C=C/C/C=C/CCCC(=O)OCC(COCCC(C(=O)[O-])[N+](C)(C)C)OC(=O)CCCCCCCCCCCCCCCCC. The Labute approximate surface area is 306 Å². The number of nitrogens with zero attached hydrogens (tertiary/aromatic N) is 1. The summed E-state index contributed by atoms with van der Waals surface area (Å²) in [5.41, 5.74) is 0. The molecule has 0 N–H and O–H groups in total. The van der Waals surface area contributed by atoms with Gasteiger partial charge in [0.1, 0.15) is 12.6 Å². The molecule has 0 saturated carbocycles. The Bertz CT molecular complexity index is 922. The fourth-order valence-electron chi connectivity index (χ4n) is 5.68. The highest BCUT2D eigenvalue weighted by Crippen LogP contribution is 2.14. The van der Waals surface area contributed by atoms with E-state index in [9.17, 15) is 19.5 Å². The second-order valence-electron chi connectivity index (χ2n) is 14.5. The van der Waals surface area contributed by atoms with E-state index in [0.29, 0.717) is 12.8 Å². The summed E-state index contributed by atoms with van der Waals surface area (Å²) in [5.74, 6) is -1.80. The zero-order valence-electron chi connectivity index (χ0n) is 32.8. The summed E-state index contributed by atoms with van der Waals surface area (Å²) in [7, 11) is 5.38. The molecule has 0 fully saturated rings. The lowest BCUT2D eigenvalue weighted by molar-refractivity contribution is -0.889. The van der Waals surface area contributed by atoms with Crippen LogP contribution in [0.5, 0.6) is 0 Å². The van der Waals surface area contributed by atoms with E-state index >= 15 is 0 Å². The number of quaternary nitrogens is 1. The third-order valence-corrected chi connectivity index (χ3v) is 8.79. The third-order valence-electron chi connectivity index (χ3n) is 8.79. The fraction of sp³-hybridized carbons (Fsp3) is 0.786. The fourth-order valence-corrected chi connectivity index (χ4v) is 5.68. The number of allylic oxidation sites excluding steroid dienone is 6. The van der Waals surface area contributed by atoms with Crippen LogP contribution < -0.4 is 5.11 Å². The number of esters is 2. The number of ether oxygens (including phenoxy) is 3. The zero-order valence-corrected chi connectivity index (χ0v) is 32.8. The minimum atomic E-state index is -1.13. The Morgan fingerprint density at radius 2 is 1.12 bits per heavy atom. The minimum Gasteiger partial charge on any atom is -0.544 e. The maximum atomic E-state index is 12.7. The van der Waals surface area contributed by atoms with Gasteiger partial charge in [0.2, 0.25) is 0 Å². The number of carboxylic acid groups (broad SMARTS) is 1. The molecule has 0 aromatic heterocycles. The molecule has 50 heavy (non-hydrogen) atoms. The predicted molar refractivity (Wildman–Crippen MR) is 203 cm³/mol. The predicted octanol–water partition coefficient (Wildman–Crippen LogP) is 8.96. The summed E-state index contributed by atoms with van der Waals surface area (Å²) in [6, 6.07) is -0.730. The van der Waals surface area contributed by atoms with Crippen LogP contribution in [0.2, 0.25) is 0 Å². The lowest BCUT2D eigenvalue weighted by Crippen LogP contribution is -2.55. The average molecular weight is 706 g/mol. The second-order valence-corrected chi connectivity index (χ2v) is 14.5. The maximum Gasteiger partial charge on any atom is 0.306 e. The second kappa shape index (κ2) is 33.7. The molecule has 0 heterocycles. The van der Waals surface area contributed by atoms with E-state index in [1.165, 1.54) is 77.0 Å². The van der Waals surface area contributed by atoms with E-state index in [1.807, 2.05) is 0 Å². The summed E-state index contributed by atoms with van der Waals surface area (Å²) in [5, 5.41) is 11.6. The van der Waals surface area contributed by atoms with Gasteiger partial charge in [0, 0.05) is 19.3 Å². The molecule has 0 saturated heterocycles. The van der Waals surface area contributed by atoms with Crippen molar-refractivity contribution >= 4 is 17.9 Å². The summed E-state index contributed by atoms with van der Waals surface area (Å²) in [4.78, 5) is 36.6. The molecule has 8 heteroatoms. The number of aliphatic carboxylic acids is 1. The first kappa shape index (κ1) is 47.5. The van der Waals surface area contributed by atoms with E-state index in [-0.39, 0.29) is 49.1 Å². The van der Waals surface area contributed by atoms with Crippen LogP contribution in [0, 0.1) is 0 Å². The van der Waals surface area contributed by atoms with Crippen LogP contribution >= 0.6 is 0 Å². The number of carboxylic acids is 1. The smallest absolute Gasteiger partial charge is 0.306 e. The number of likely N-dealkylation sites (N-methyl/N-ethyl adjacent to an activating group) is 1. The van der Waals surface area contributed by atoms with Crippen LogP contribution in [0.15, 0.2) is 36.5 Å². The van der Waals surface area contributed by atoms with Gasteiger partial charge in [0.25, 0.3) is 0 Å². The zero-order chi connectivity index (χ0) is 37.1. The summed E-state index contributed by atoms with van der Waals surface area (Å²) in [6.07, 6.45) is 36.1. The molecule has 0 aromatic rings. The van der Waals surface area contributed by atoms with Crippen molar-refractivity contribution in [1.29, 1.82) is 0 Å². The molecular weight excluding hydrogens is 630 g/mol. The molecule has 0 aliphatic rings. The number of carbonyl (C=O) groups excluding carboxylic acids is 3. The first-order valence-electron chi connectivity index (χ1n) is 20.0. The quantitative estimate of drug-likeness (QED) is 0.0281. The number of hydrogen-bond acceptors (Lipinski definition) is 7. The van der Waals surface area contributed by atoms with Crippen molar-refractivity contribution in [3.63, 3.8) is 0 Å². The number of rotatable bonds is 35. The lowest BCUT2D eigenvalue weighted by atomic mass is 10.0. The number of carbonyl (C=O) groups is 3. The molecule has 0 rings (SSSR count). The Balaban J connectivity index is 4.43. The van der Waals surface area contributed by atoms with Gasteiger partial charge in [-0.1, -0.05) is 140 Å². The van der Waals surface area contributed by atoms with Gasteiger partial charge in [-0.3, -0.25) is 9.59 Å². The van der Waals surface area contributed by atoms with Crippen molar-refractivity contribution in [2.75, 3.05) is 41.0 Å². The third kappa shape index (κ3) is 31.5. The highest BCUT2D eigenvalue weighted by molar-refractivity contribution is 5.70. The molecule has 2 atom stereocenters. The molecule has 290 valence electrons. The highest BCUT2D eigenvalue weighted by atomic mass is 16.6. The van der Waals surface area contributed by atoms with Gasteiger partial charge in [-0.05, 0) is 38.5 Å². The van der Waals surface area contributed by atoms with Gasteiger partial charge in [-0.15, -0.1) is 0 Å². The van der Waals surface area contributed by atoms with Crippen molar-refractivity contribution in [3.8, 4) is 0 Å². The largest absolute Gasteiger partial charge is 0.544 e. The van der Waals surface area contributed by atoms with Crippen LogP contribution in [0.1, 0.15) is 162 Å². The van der Waals surface area contributed by atoms with Crippen LogP contribution in [0.3, 0.4) is 0 Å². The van der Waals surface area contributed by atoms with Crippen molar-refractivity contribution in [3.05, 3.63) is 36.5 Å². The van der Waals surface area contributed by atoms with Crippen LogP contribution in [0.25, 0.3) is 0 Å². The van der Waals surface area contributed by atoms with Crippen LogP contribution in [-0.4, -0.2) is 75.5 Å². The first-order valence-corrected chi connectivity index (χ1v) is 20.0. The van der Waals surface area contributed by atoms with Gasteiger partial charge in [-0.25, -0.2) is 0 Å². The summed E-state index contributed by atoms with van der Waals surface area (Å²) >= 11 is 0. The Morgan fingerprint density at radius 3 is 1.64 bits per heavy atom. The first-order chi connectivity index (χ1) is 24.1. The molecule has 2 unspecified atom stereocenters. The van der Waals surface area contributed by atoms with Crippen LogP contribution in [0.4, 0.5) is 0 Å². The van der Waals surface area contributed by atoms with E-state index in [4.69, 9.17) is 14.2 Å². The average Bonchev–Trinajstić information content (AvgIpc) is 3.06. The standard InChI is InChI=1S/C42H75NO7/c1-6-8-10-12-14-16-18-19-20-21-23-25-27-29-31-33-41(45)50-38(36-48-35-34-39(42(46)47)43(3,4)5)37-49-40(44)32-30-28-26-24-22-17-15-13-11-9-7-2/h9,11,15,17,24,26,38-39H,6-8,10,12-14,16,18-23,25,27-37H2,1-5H3/b11-9+,17-15+,26-24+. The number of unbranched alkanes of at least 4 members (excludes halogenated alkanes) is 15. The van der Waals surface area contributed by atoms with Crippen molar-refractivity contribution in [1.82, 2.24) is 0 Å². The normalized spacial score (nSPS) is 13.4. The van der Waals surface area contributed by atoms with Gasteiger partial charge >= 0.3 is 11.9 Å². The molecule has 0 radical (unpaired) electrons. The van der Waals surface area contributed by atoms with Gasteiger partial charge in [0.15, 0.2) is 6.10 Å². The van der Waals surface area contributed by atoms with E-state index < -0.39 is 18.1 Å². The topological polar surface area (TPSA) is 102 Å². The molecule has 0 amide bonds. The molecule has 0 aliphatic heterocycles. The highest BCUT2D eigenvalue weighted by Gasteiger charge is 2.25. The summed E-state index contributed by atoms with van der Waals surface area (Å²) in [6.45, 7) is 4.48. The van der Waals surface area contributed by atoms with Crippen molar-refractivity contribution in [2.45, 2.75) is 174 Å². The maximum absolute atomic E-state index is 12.7. The number of hydrogen-bond donors (Lipinski definition) is 0. The Morgan fingerprint density at radius 1 is 0.620 bits per heavy atom.